The third-order valence-corrected chi connectivity index (χ3v) is 4.38. The van der Waals surface area contributed by atoms with Crippen molar-refractivity contribution in [1.82, 2.24) is 4.90 Å². The van der Waals surface area contributed by atoms with Gasteiger partial charge in [0, 0.05) is 6.54 Å². The lowest BCUT2D eigenvalue weighted by molar-refractivity contribution is -0.137. The number of rotatable bonds is 9. The summed E-state index contributed by atoms with van der Waals surface area (Å²) >= 11 is 0. The lowest BCUT2D eigenvalue weighted by Gasteiger charge is -2.16. The molecule has 2 aromatic rings. The van der Waals surface area contributed by atoms with Gasteiger partial charge in [-0.15, -0.1) is 0 Å². The molecule has 0 unspecified atom stereocenters. The Morgan fingerprint density at radius 3 is 2.20 bits per heavy atom. The van der Waals surface area contributed by atoms with Gasteiger partial charge in [-0.1, -0.05) is 55.0 Å². The van der Waals surface area contributed by atoms with Gasteiger partial charge in [-0.3, -0.25) is 0 Å². The molecule has 0 aliphatic heterocycles. The molecule has 25 heavy (non-hydrogen) atoms. The molecule has 0 saturated carbocycles. The van der Waals surface area contributed by atoms with Gasteiger partial charge in [0.05, 0.1) is 5.56 Å². The minimum atomic E-state index is -4.25. The fraction of sp³-hybridized carbons (Fsp3) is 0.429. The first-order chi connectivity index (χ1) is 11.9. The van der Waals surface area contributed by atoms with Crippen molar-refractivity contribution in [3.05, 3.63) is 71.3 Å². The smallest absolute Gasteiger partial charge is 0.306 e. The maximum Gasteiger partial charge on any atom is 0.416 e. The molecule has 0 atom stereocenters. The summed E-state index contributed by atoms with van der Waals surface area (Å²) in [6.07, 6.45) is 0.528. The Morgan fingerprint density at radius 2 is 1.48 bits per heavy atom. The largest absolute Gasteiger partial charge is 0.416 e. The van der Waals surface area contributed by atoms with Crippen molar-refractivity contribution in [1.29, 1.82) is 0 Å². The van der Waals surface area contributed by atoms with Crippen molar-refractivity contribution in [3.8, 4) is 0 Å². The highest BCUT2D eigenvalue weighted by molar-refractivity contribution is 5.25. The monoisotopic (exact) mass is 349 g/mol. The van der Waals surface area contributed by atoms with Gasteiger partial charge >= 0.3 is 6.18 Å². The van der Waals surface area contributed by atoms with E-state index in [0.29, 0.717) is 6.42 Å². The van der Waals surface area contributed by atoms with Gasteiger partial charge in [-0.2, -0.15) is 13.2 Å². The standard InChI is InChI=1S/C21H26F3N/c1-25(16-14-18-9-4-2-5-10-18)15-7-3-6-11-19-12-8-13-20(17-19)21(22,23)24/h2,4-5,8-10,12-13,17H,3,6-7,11,14-16H2,1H3. The van der Waals surface area contributed by atoms with E-state index in [9.17, 15) is 13.2 Å². The van der Waals surface area contributed by atoms with Gasteiger partial charge < -0.3 is 4.90 Å². The van der Waals surface area contributed by atoms with Gasteiger partial charge in [-0.05, 0) is 56.5 Å². The van der Waals surface area contributed by atoms with E-state index in [1.165, 1.54) is 17.7 Å². The SMILES string of the molecule is CN(CCCCCc1cccc(C(F)(F)F)c1)CCc1ccccc1. The first-order valence-electron chi connectivity index (χ1n) is 8.84. The van der Waals surface area contributed by atoms with Crippen LogP contribution in [0.2, 0.25) is 0 Å². The van der Waals surface area contributed by atoms with Gasteiger partial charge in [0.15, 0.2) is 0 Å². The predicted octanol–water partition coefficient (Wildman–Crippen LogP) is 5.59. The molecule has 2 aromatic carbocycles. The van der Waals surface area contributed by atoms with Crippen LogP contribution in [0.15, 0.2) is 54.6 Å². The highest BCUT2D eigenvalue weighted by Gasteiger charge is 2.30. The molecule has 0 N–H and O–H groups in total. The Labute approximate surface area is 148 Å². The summed E-state index contributed by atoms with van der Waals surface area (Å²) in [6.45, 7) is 2.05. The normalized spacial score (nSPS) is 11.9. The van der Waals surface area contributed by atoms with Crippen LogP contribution in [-0.2, 0) is 19.0 Å². The van der Waals surface area contributed by atoms with E-state index in [1.54, 1.807) is 6.07 Å². The van der Waals surface area contributed by atoms with Gasteiger partial charge in [-0.25, -0.2) is 0 Å². The van der Waals surface area contributed by atoms with Crippen LogP contribution in [0.5, 0.6) is 0 Å². The minimum Gasteiger partial charge on any atom is -0.306 e. The van der Waals surface area contributed by atoms with E-state index < -0.39 is 11.7 Å². The van der Waals surface area contributed by atoms with Crippen LogP contribution < -0.4 is 0 Å². The van der Waals surface area contributed by atoms with Crippen molar-refractivity contribution in [3.63, 3.8) is 0 Å². The third kappa shape index (κ3) is 7.30. The number of unbranched alkanes of at least 4 members (excludes halogenated alkanes) is 2. The number of hydrogen-bond donors (Lipinski definition) is 0. The lowest BCUT2D eigenvalue weighted by Crippen LogP contribution is -2.22. The highest BCUT2D eigenvalue weighted by atomic mass is 19.4. The fourth-order valence-electron chi connectivity index (χ4n) is 2.87. The lowest BCUT2D eigenvalue weighted by atomic mass is 10.0. The Kier molecular flexibility index (Phi) is 7.51. The molecule has 0 radical (unpaired) electrons. The second-order valence-corrected chi connectivity index (χ2v) is 6.55. The van der Waals surface area contributed by atoms with E-state index >= 15 is 0 Å². The van der Waals surface area contributed by atoms with Crippen molar-refractivity contribution in [2.75, 3.05) is 20.1 Å². The van der Waals surface area contributed by atoms with Crippen LogP contribution in [0, 0.1) is 0 Å². The van der Waals surface area contributed by atoms with Crippen LogP contribution >= 0.6 is 0 Å². The number of nitrogens with zero attached hydrogens (tertiary/aromatic N) is 1. The number of hydrogen-bond acceptors (Lipinski definition) is 1. The van der Waals surface area contributed by atoms with Crippen LogP contribution in [0.25, 0.3) is 0 Å². The molecule has 0 saturated heterocycles. The summed E-state index contributed by atoms with van der Waals surface area (Å²) in [5, 5.41) is 0. The van der Waals surface area contributed by atoms with Crippen molar-refractivity contribution in [2.24, 2.45) is 0 Å². The molecule has 0 aliphatic rings. The second-order valence-electron chi connectivity index (χ2n) is 6.55. The maximum absolute atomic E-state index is 12.7. The molecule has 0 aromatic heterocycles. The third-order valence-electron chi connectivity index (χ3n) is 4.38. The summed E-state index contributed by atoms with van der Waals surface area (Å²) in [5.41, 5.74) is 1.57. The highest BCUT2D eigenvalue weighted by Crippen LogP contribution is 2.29. The zero-order valence-electron chi connectivity index (χ0n) is 14.7. The molecule has 136 valence electrons. The zero-order valence-corrected chi connectivity index (χ0v) is 14.7. The first-order valence-corrected chi connectivity index (χ1v) is 8.84. The van der Waals surface area contributed by atoms with E-state index in [0.717, 1.165) is 50.4 Å². The molecule has 0 amide bonds. The molecule has 0 aliphatic carbocycles. The minimum absolute atomic E-state index is 0.550. The number of benzene rings is 2. The van der Waals surface area contributed by atoms with Crippen molar-refractivity contribution < 1.29 is 13.2 Å². The molecular formula is C21H26F3N. The molecule has 1 nitrogen and oxygen atoms in total. The second kappa shape index (κ2) is 9.62. The average Bonchev–Trinajstić information content (AvgIpc) is 2.60. The number of aryl methyl sites for hydroxylation is 1. The topological polar surface area (TPSA) is 3.24 Å². The van der Waals surface area contributed by atoms with Crippen LogP contribution in [-0.4, -0.2) is 25.0 Å². The summed E-state index contributed by atoms with van der Waals surface area (Å²) in [7, 11) is 2.12. The Morgan fingerprint density at radius 1 is 0.760 bits per heavy atom. The molecular weight excluding hydrogens is 323 g/mol. The molecule has 0 heterocycles. The fourth-order valence-corrected chi connectivity index (χ4v) is 2.87. The van der Waals surface area contributed by atoms with Gasteiger partial charge in [0.1, 0.15) is 0 Å². The van der Waals surface area contributed by atoms with E-state index in [1.807, 2.05) is 6.07 Å². The number of likely N-dealkylation sites (N-methyl/N-ethyl adjacent to an activating group) is 1. The Balaban J connectivity index is 1.61. The van der Waals surface area contributed by atoms with Crippen molar-refractivity contribution >= 4 is 0 Å². The molecule has 0 bridgehead atoms. The quantitative estimate of drug-likeness (QED) is 0.533. The predicted molar refractivity (Wildman–Crippen MR) is 96.6 cm³/mol. The van der Waals surface area contributed by atoms with Gasteiger partial charge in [0.25, 0.3) is 0 Å². The average molecular weight is 349 g/mol. The Hall–Kier alpha value is -1.81. The van der Waals surface area contributed by atoms with Crippen LogP contribution in [0.4, 0.5) is 13.2 Å². The van der Waals surface area contributed by atoms with Crippen LogP contribution in [0.3, 0.4) is 0 Å². The van der Waals surface area contributed by atoms with E-state index in [2.05, 4.69) is 36.2 Å². The number of halogens is 3. The summed E-state index contributed by atoms with van der Waals surface area (Å²) in [5.74, 6) is 0. The van der Waals surface area contributed by atoms with E-state index in [-0.39, 0.29) is 0 Å². The molecule has 0 fully saturated rings. The van der Waals surface area contributed by atoms with E-state index in [4.69, 9.17) is 0 Å². The molecule has 4 heteroatoms. The summed E-state index contributed by atoms with van der Waals surface area (Å²) in [4.78, 5) is 2.32. The molecule has 2 rings (SSSR count). The maximum atomic E-state index is 12.7. The molecule has 0 spiro atoms. The van der Waals surface area contributed by atoms with Gasteiger partial charge in [0.2, 0.25) is 0 Å². The van der Waals surface area contributed by atoms with Crippen LogP contribution in [0.1, 0.15) is 36.0 Å². The van der Waals surface area contributed by atoms with Crippen molar-refractivity contribution in [2.45, 2.75) is 38.3 Å². The summed E-state index contributed by atoms with van der Waals surface area (Å²) < 4.78 is 38.1. The number of alkyl halides is 3. The Bertz CT molecular complexity index is 623. The first kappa shape index (κ1) is 19.5. The zero-order chi connectivity index (χ0) is 18.1. The summed E-state index contributed by atoms with van der Waals surface area (Å²) in [6, 6.07) is 16.1.